The van der Waals surface area contributed by atoms with Crippen LogP contribution in [0.2, 0.25) is 0 Å². The number of hydrogen-bond donors (Lipinski definition) is 1. The molecule has 3 heteroatoms. The maximum atomic E-state index is 5.96. The monoisotopic (exact) mass is 207 g/mol. The van der Waals surface area contributed by atoms with Crippen molar-refractivity contribution in [3.63, 3.8) is 0 Å². The van der Waals surface area contributed by atoms with Gasteiger partial charge < -0.3 is 5.73 Å². The average molecular weight is 207 g/mol. The zero-order valence-corrected chi connectivity index (χ0v) is 9.90. The Kier molecular flexibility index (Phi) is 2.83. The van der Waals surface area contributed by atoms with Crippen molar-refractivity contribution in [2.45, 2.75) is 58.0 Å². The second-order valence-electron chi connectivity index (χ2n) is 4.95. The number of rotatable bonds is 3. The third-order valence-electron chi connectivity index (χ3n) is 3.26. The van der Waals surface area contributed by atoms with Gasteiger partial charge in [0, 0.05) is 18.0 Å². The quantitative estimate of drug-likeness (QED) is 0.828. The molecule has 1 aromatic heterocycles. The zero-order valence-electron chi connectivity index (χ0n) is 9.90. The minimum atomic E-state index is 0.0775. The molecule has 0 amide bonds. The highest BCUT2D eigenvalue weighted by Crippen LogP contribution is 2.36. The van der Waals surface area contributed by atoms with Crippen LogP contribution in [0.1, 0.15) is 69.4 Å². The smallest absolute Gasteiger partial charge is 0.0659 e. The van der Waals surface area contributed by atoms with E-state index in [0.29, 0.717) is 12.0 Å². The zero-order chi connectivity index (χ0) is 11.0. The van der Waals surface area contributed by atoms with Crippen molar-refractivity contribution < 1.29 is 0 Å². The van der Waals surface area contributed by atoms with Gasteiger partial charge in [0.25, 0.3) is 0 Å². The van der Waals surface area contributed by atoms with Crippen molar-refractivity contribution in [3.8, 4) is 0 Å². The van der Waals surface area contributed by atoms with Crippen LogP contribution in [0.5, 0.6) is 0 Å². The molecule has 1 aliphatic rings. The van der Waals surface area contributed by atoms with Crippen LogP contribution in [0.3, 0.4) is 0 Å². The summed E-state index contributed by atoms with van der Waals surface area (Å²) in [5, 5.41) is 4.69. The van der Waals surface area contributed by atoms with Crippen molar-refractivity contribution in [1.82, 2.24) is 9.78 Å². The van der Waals surface area contributed by atoms with Crippen molar-refractivity contribution in [3.05, 3.63) is 17.5 Å². The van der Waals surface area contributed by atoms with Crippen LogP contribution >= 0.6 is 0 Å². The Labute approximate surface area is 91.7 Å². The Morgan fingerprint density at radius 2 is 2.07 bits per heavy atom. The van der Waals surface area contributed by atoms with Gasteiger partial charge in [-0.1, -0.05) is 6.42 Å². The Bertz CT molecular complexity index is 309. The van der Waals surface area contributed by atoms with Crippen LogP contribution in [0.4, 0.5) is 0 Å². The second kappa shape index (κ2) is 3.97. The molecule has 1 atom stereocenters. The summed E-state index contributed by atoms with van der Waals surface area (Å²) < 4.78 is 2.08. The number of hydrogen-bond acceptors (Lipinski definition) is 2. The average Bonchev–Trinajstić information content (AvgIpc) is 2.45. The summed E-state index contributed by atoms with van der Waals surface area (Å²) in [7, 11) is 0. The third kappa shape index (κ3) is 1.93. The fourth-order valence-electron chi connectivity index (χ4n) is 2.09. The van der Waals surface area contributed by atoms with Crippen LogP contribution in [0.25, 0.3) is 0 Å². The van der Waals surface area contributed by atoms with Crippen LogP contribution in [-0.2, 0) is 0 Å². The fraction of sp³-hybridized carbons (Fsp3) is 0.750. The van der Waals surface area contributed by atoms with Crippen LogP contribution in [-0.4, -0.2) is 9.78 Å². The van der Waals surface area contributed by atoms with E-state index in [1.165, 1.54) is 30.7 Å². The SMILES string of the molecule is CC(C)n1nc(C2CCC2)cc1[C@@H](C)N. The van der Waals surface area contributed by atoms with Gasteiger partial charge in [0.1, 0.15) is 0 Å². The molecule has 15 heavy (non-hydrogen) atoms. The maximum absolute atomic E-state index is 5.96. The van der Waals surface area contributed by atoms with E-state index in [4.69, 9.17) is 5.73 Å². The van der Waals surface area contributed by atoms with Gasteiger partial charge in [-0.25, -0.2) is 0 Å². The molecule has 1 aliphatic carbocycles. The summed E-state index contributed by atoms with van der Waals surface area (Å²) in [5.41, 5.74) is 8.39. The molecule has 0 saturated heterocycles. The summed E-state index contributed by atoms with van der Waals surface area (Å²) >= 11 is 0. The first-order valence-electron chi connectivity index (χ1n) is 5.94. The lowest BCUT2D eigenvalue weighted by molar-refractivity contribution is 0.400. The molecule has 84 valence electrons. The van der Waals surface area contributed by atoms with Gasteiger partial charge in [0.15, 0.2) is 0 Å². The number of aromatic nitrogens is 2. The standard InChI is InChI=1S/C12H21N3/c1-8(2)15-12(9(3)13)7-11(14-15)10-5-4-6-10/h7-10H,4-6,13H2,1-3H3/t9-/m1/s1. The predicted molar refractivity (Wildman–Crippen MR) is 61.8 cm³/mol. The van der Waals surface area contributed by atoms with E-state index in [2.05, 4.69) is 29.7 Å². The first-order valence-corrected chi connectivity index (χ1v) is 5.94. The molecule has 1 saturated carbocycles. The van der Waals surface area contributed by atoms with Crippen LogP contribution in [0, 0.1) is 0 Å². The number of nitrogens with zero attached hydrogens (tertiary/aromatic N) is 2. The highest BCUT2D eigenvalue weighted by Gasteiger charge is 2.24. The second-order valence-corrected chi connectivity index (χ2v) is 4.95. The summed E-state index contributed by atoms with van der Waals surface area (Å²) in [5.74, 6) is 0.697. The van der Waals surface area contributed by atoms with Crippen LogP contribution in [0.15, 0.2) is 6.07 Å². The largest absolute Gasteiger partial charge is 0.323 e. The molecule has 3 nitrogen and oxygen atoms in total. The number of nitrogens with two attached hydrogens (primary N) is 1. The van der Waals surface area contributed by atoms with E-state index in [0.717, 1.165) is 0 Å². The lowest BCUT2D eigenvalue weighted by Gasteiger charge is -2.23. The normalized spacial score (nSPS) is 19.3. The molecule has 0 radical (unpaired) electrons. The predicted octanol–water partition coefficient (Wildman–Crippen LogP) is 2.75. The Balaban J connectivity index is 2.30. The molecule has 1 fully saturated rings. The van der Waals surface area contributed by atoms with Crippen molar-refractivity contribution in [2.75, 3.05) is 0 Å². The molecule has 1 aromatic rings. The summed E-state index contributed by atoms with van der Waals surface area (Å²) in [4.78, 5) is 0. The van der Waals surface area contributed by atoms with Gasteiger partial charge in [-0.3, -0.25) is 4.68 Å². The maximum Gasteiger partial charge on any atom is 0.0659 e. The minimum absolute atomic E-state index is 0.0775. The first kappa shape index (κ1) is 10.7. The fourth-order valence-corrected chi connectivity index (χ4v) is 2.09. The minimum Gasteiger partial charge on any atom is -0.323 e. The summed E-state index contributed by atoms with van der Waals surface area (Å²) in [6, 6.07) is 2.68. The van der Waals surface area contributed by atoms with Crippen molar-refractivity contribution in [2.24, 2.45) is 5.73 Å². The van der Waals surface area contributed by atoms with Crippen molar-refractivity contribution in [1.29, 1.82) is 0 Å². The first-order chi connectivity index (χ1) is 7.09. The van der Waals surface area contributed by atoms with E-state index in [1.807, 2.05) is 6.92 Å². The molecule has 2 N–H and O–H groups in total. The molecule has 0 aromatic carbocycles. The molecule has 0 spiro atoms. The lowest BCUT2D eigenvalue weighted by atomic mass is 9.83. The highest BCUT2D eigenvalue weighted by molar-refractivity contribution is 5.19. The van der Waals surface area contributed by atoms with E-state index < -0.39 is 0 Å². The van der Waals surface area contributed by atoms with Gasteiger partial charge in [0.05, 0.1) is 11.4 Å². The van der Waals surface area contributed by atoms with E-state index in [9.17, 15) is 0 Å². The molecule has 2 rings (SSSR count). The molecule has 0 aliphatic heterocycles. The Morgan fingerprint density at radius 3 is 2.40 bits per heavy atom. The van der Waals surface area contributed by atoms with Gasteiger partial charge in [0.2, 0.25) is 0 Å². The summed E-state index contributed by atoms with van der Waals surface area (Å²) in [6.45, 7) is 6.34. The Morgan fingerprint density at radius 1 is 1.40 bits per heavy atom. The van der Waals surface area contributed by atoms with Gasteiger partial charge in [-0.15, -0.1) is 0 Å². The topological polar surface area (TPSA) is 43.8 Å². The third-order valence-corrected chi connectivity index (χ3v) is 3.26. The molecular formula is C12H21N3. The van der Waals surface area contributed by atoms with Gasteiger partial charge >= 0.3 is 0 Å². The van der Waals surface area contributed by atoms with E-state index in [-0.39, 0.29) is 6.04 Å². The molecular weight excluding hydrogens is 186 g/mol. The molecule has 1 heterocycles. The molecule has 0 unspecified atom stereocenters. The van der Waals surface area contributed by atoms with E-state index in [1.54, 1.807) is 0 Å². The Hall–Kier alpha value is -0.830. The van der Waals surface area contributed by atoms with Gasteiger partial charge in [-0.05, 0) is 39.7 Å². The molecule has 0 bridgehead atoms. The summed E-state index contributed by atoms with van der Waals surface area (Å²) in [6.07, 6.45) is 3.95. The van der Waals surface area contributed by atoms with Crippen molar-refractivity contribution >= 4 is 0 Å². The van der Waals surface area contributed by atoms with Crippen LogP contribution < -0.4 is 5.73 Å². The van der Waals surface area contributed by atoms with Gasteiger partial charge in [-0.2, -0.15) is 5.10 Å². The van der Waals surface area contributed by atoms with E-state index >= 15 is 0 Å². The highest BCUT2D eigenvalue weighted by atomic mass is 15.3. The lowest BCUT2D eigenvalue weighted by Crippen LogP contribution is -2.15.